The lowest BCUT2D eigenvalue weighted by Gasteiger charge is -2.44. The Hall–Kier alpha value is -4.98. The van der Waals surface area contributed by atoms with Gasteiger partial charge in [-0.15, -0.1) is 22.7 Å². The molecule has 0 saturated carbocycles. The smallest absolute Gasteiger partial charge is 0.252 e. The van der Waals surface area contributed by atoms with Gasteiger partial charge < -0.3 is 9.80 Å². The van der Waals surface area contributed by atoms with Crippen LogP contribution in [0.1, 0.15) is 32.8 Å². The van der Waals surface area contributed by atoms with Crippen molar-refractivity contribution >= 4 is 110 Å². The van der Waals surface area contributed by atoms with Crippen molar-refractivity contribution in [3.05, 3.63) is 138 Å². The number of rotatable bonds is 4. The highest BCUT2D eigenvalue weighted by molar-refractivity contribution is 7.26. The van der Waals surface area contributed by atoms with Crippen molar-refractivity contribution in [2.75, 3.05) is 9.80 Å². The zero-order valence-corrected chi connectivity index (χ0v) is 29.4. The lowest BCUT2D eigenvalue weighted by molar-refractivity contribution is 0.507. The third-order valence-electron chi connectivity index (χ3n) is 11.0. The van der Waals surface area contributed by atoms with E-state index in [-0.39, 0.29) is 23.8 Å². The van der Waals surface area contributed by atoms with Gasteiger partial charge in [-0.25, -0.2) is 8.78 Å². The summed E-state index contributed by atoms with van der Waals surface area (Å²) >= 11 is 3.58. The molecule has 2 aliphatic heterocycles. The van der Waals surface area contributed by atoms with Gasteiger partial charge in [0, 0.05) is 38.2 Å². The largest absolute Gasteiger partial charge is 0.310 e. The Kier molecular flexibility index (Phi) is 6.43. The van der Waals surface area contributed by atoms with Gasteiger partial charge in [-0.05, 0) is 123 Å². The second-order valence-corrected chi connectivity index (χ2v) is 16.0. The van der Waals surface area contributed by atoms with Gasteiger partial charge in [0.2, 0.25) is 0 Å². The van der Waals surface area contributed by atoms with Crippen LogP contribution in [0.4, 0.5) is 42.9 Å². The van der Waals surface area contributed by atoms with Crippen molar-refractivity contribution in [1.82, 2.24) is 0 Å². The molecule has 2 nitrogen and oxygen atoms in total. The van der Waals surface area contributed by atoms with E-state index in [1.165, 1.54) is 64.3 Å². The minimum Gasteiger partial charge on any atom is -0.310 e. The maximum absolute atomic E-state index is 14.5. The van der Waals surface area contributed by atoms with Crippen LogP contribution in [0.25, 0.3) is 30.3 Å². The Labute approximate surface area is 297 Å². The molecule has 2 aliphatic rings. The fourth-order valence-electron chi connectivity index (χ4n) is 8.09. The molecule has 0 bridgehead atoms. The van der Waals surface area contributed by atoms with Crippen LogP contribution in [0, 0.1) is 11.6 Å². The van der Waals surface area contributed by atoms with Crippen molar-refractivity contribution in [1.29, 1.82) is 0 Å². The molecule has 0 spiro atoms. The molecule has 50 heavy (non-hydrogen) atoms. The van der Waals surface area contributed by atoms with Gasteiger partial charge in [-0.3, -0.25) is 0 Å². The number of benzene rings is 6. The summed E-state index contributed by atoms with van der Waals surface area (Å²) in [5, 5.41) is 5.86. The van der Waals surface area contributed by atoms with Crippen LogP contribution in [0.5, 0.6) is 0 Å². The molecule has 0 N–H and O–H groups in total. The van der Waals surface area contributed by atoms with Gasteiger partial charge in [0.1, 0.15) is 11.6 Å². The molecule has 8 aromatic rings. The Morgan fingerprint density at radius 3 is 1.92 bits per heavy atom. The molecule has 0 radical (unpaired) electrons. The molecule has 242 valence electrons. The molecule has 4 heterocycles. The molecule has 0 aliphatic carbocycles. The molecule has 10 rings (SSSR count). The quantitative estimate of drug-likeness (QED) is 0.170. The Balaban J connectivity index is 1.32. The number of fused-ring (bicyclic) bond motifs is 10. The van der Waals surface area contributed by atoms with E-state index in [0.717, 1.165) is 40.5 Å². The molecule has 0 saturated heterocycles. The van der Waals surface area contributed by atoms with E-state index in [1.807, 2.05) is 35.6 Å². The molecule has 6 aromatic carbocycles. The van der Waals surface area contributed by atoms with Gasteiger partial charge in [0.05, 0.1) is 20.8 Å². The molecular weight excluding hydrogens is 657 g/mol. The van der Waals surface area contributed by atoms with Crippen LogP contribution < -0.4 is 26.2 Å². The highest BCUT2D eigenvalue weighted by atomic mass is 32.1. The maximum Gasteiger partial charge on any atom is 0.252 e. The van der Waals surface area contributed by atoms with Crippen molar-refractivity contribution in [3.8, 4) is 0 Å². The first-order valence-corrected chi connectivity index (χ1v) is 18.8. The molecule has 0 atom stereocenters. The predicted octanol–water partition coefficient (Wildman–Crippen LogP) is 11.3. The molecule has 0 unspecified atom stereocenters. The van der Waals surface area contributed by atoms with E-state index in [2.05, 4.69) is 103 Å². The van der Waals surface area contributed by atoms with E-state index in [9.17, 15) is 8.78 Å². The number of hydrogen-bond donors (Lipinski definition) is 0. The van der Waals surface area contributed by atoms with E-state index in [0.29, 0.717) is 0 Å². The Morgan fingerprint density at radius 1 is 0.660 bits per heavy atom. The lowest BCUT2D eigenvalue weighted by Crippen LogP contribution is -2.61. The molecule has 2 aromatic heterocycles. The summed E-state index contributed by atoms with van der Waals surface area (Å²) in [6.45, 7) is 6.84. The highest BCUT2D eigenvalue weighted by Gasteiger charge is 2.44. The first kappa shape index (κ1) is 29.9. The van der Waals surface area contributed by atoms with Crippen molar-refractivity contribution < 1.29 is 8.78 Å². The highest BCUT2D eigenvalue weighted by Crippen LogP contribution is 2.50. The van der Waals surface area contributed by atoms with Gasteiger partial charge in [-0.2, -0.15) is 0 Å². The third-order valence-corrected chi connectivity index (χ3v) is 13.1. The number of anilines is 6. The van der Waals surface area contributed by atoms with E-state index >= 15 is 0 Å². The Morgan fingerprint density at radius 2 is 1.28 bits per heavy atom. The summed E-state index contributed by atoms with van der Waals surface area (Å²) in [4.78, 5) is 4.65. The average Bonchev–Trinajstić information content (AvgIpc) is 3.77. The standard InChI is InChI=1S/C43H31BF2N2S2/c1-4-43(2,3)26-9-21-37-32(24-26)31-18-20-34-40(42(31)50-37)48(30-16-12-28(46)13-17-30)36-7-5-6-35-38(36)44(34)33-19-8-25-22-23-49-41(25)39(33)47(35)29-14-10-27(45)11-15-29/h5-24H,4H2,1-3H3. The Bertz CT molecular complexity index is 2660. The van der Waals surface area contributed by atoms with Gasteiger partial charge in [-0.1, -0.05) is 57.2 Å². The van der Waals surface area contributed by atoms with Gasteiger partial charge >= 0.3 is 0 Å². The topological polar surface area (TPSA) is 6.48 Å². The normalized spacial score (nSPS) is 13.7. The number of hydrogen-bond acceptors (Lipinski definition) is 4. The number of thiophene rings is 2. The van der Waals surface area contributed by atoms with Crippen LogP contribution >= 0.6 is 22.7 Å². The summed E-state index contributed by atoms with van der Waals surface area (Å²) in [5.74, 6) is -0.524. The minimum atomic E-state index is -0.263. The molecule has 0 fully saturated rings. The average molecular weight is 689 g/mol. The minimum absolute atomic E-state index is 0.0460. The number of nitrogens with zero attached hydrogens (tertiary/aromatic N) is 2. The zero-order chi connectivity index (χ0) is 33.9. The lowest BCUT2D eigenvalue weighted by atomic mass is 9.33. The van der Waals surface area contributed by atoms with E-state index < -0.39 is 0 Å². The fraction of sp³-hybridized carbons (Fsp3) is 0.116. The van der Waals surface area contributed by atoms with E-state index in [4.69, 9.17) is 0 Å². The predicted molar refractivity (Wildman–Crippen MR) is 212 cm³/mol. The zero-order valence-electron chi connectivity index (χ0n) is 27.8. The van der Waals surface area contributed by atoms with Crippen LogP contribution in [-0.4, -0.2) is 6.71 Å². The van der Waals surface area contributed by atoms with Crippen molar-refractivity contribution in [2.45, 2.75) is 32.6 Å². The van der Waals surface area contributed by atoms with Crippen LogP contribution in [0.15, 0.2) is 121 Å². The summed E-state index contributed by atoms with van der Waals surface area (Å²) in [7, 11) is 0. The molecule has 7 heteroatoms. The maximum atomic E-state index is 14.5. The van der Waals surface area contributed by atoms with Gasteiger partial charge in [0.15, 0.2) is 0 Å². The summed E-state index contributed by atoms with van der Waals surface area (Å²) in [6, 6.07) is 38.5. The van der Waals surface area contributed by atoms with Gasteiger partial charge in [0.25, 0.3) is 6.71 Å². The van der Waals surface area contributed by atoms with Crippen LogP contribution in [0.2, 0.25) is 0 Å². The summed E-state index contributed by atoms with van der Waals surface area (Å²) in [6.07, 6.45) is 1.06. The third kappa shape index (κ3) is 4.17. The second-order valence-electron chi connectivity index (χ2n) is 14.0. The SMILES string of the molecule is CCC(C)(C)c1ccc2sc3c4c(ccc3c2c1)B1c2ccc3ccsc3c2N(c2ccc(F)cc2)c2cccc(c21)N4c1ccc(F)cc1. The number of halogens is 2. The second kappa shape index (κ2) is 10.8. The first-order chi connectivity index (χ1) is 24.3. The van der Waals surface area contributed by atoms with E-state index in [1.54, 1.807) is 23.5 Å². The summed E-state index contributed by atoms with van der Waals surface area (Å²) in [5.41, 5.74) is 11.3. The monoisotopic (exact) mass is 688 g/mol. The van der Waals surface area contributed by atoms with Crippen molar-refractivity contribution in [3.63, 3.8) is 0 Å². The van der Waals surface area contributed by atoms with Crippen LogP contribution in [0.3, 0.4) is 0 Å². The summed E-state index contributed by atoms with van der Waals surface area (Å²) < 4.78 is 32.5. The molecule has 0 amide bonds. The van der Waals surface area contributed by atoms with Crippen molar-refractivity contribution in [2.24, 2.45) is 0 Å². The van der Waals surface area contributed by atoms with Crippen LogP contribution in [-0.2, 0) is 5.41 Å². The fourth-order valence-corrected chi connectivity index (χ4v) is 10.3. The molecular formula is C43H31BF2N2S2. The first-order valence-electron chi connectivity index (χ1n) is 17.1.